The number of amides is 2. The van der Waals surface area contributed by atoms with Gasteiger partial charge in [0.15, 0.2) is 0 Å². The number of anilines is 1. The zero-order valence-corrected chi connectivity index (χ0v) is 11.8. The lowest BCUT2D eigenvalue weighted by atomic mass is 10.1. The molecule has 1 aromatic carbocycles. The molecule has 0 aromatic heterocycles. The van der Waals surface area contributed by atoms with Crippen molar-refractivity contribution in [3.63, 3.8) is 0 Å². The fraction of sp³-hybridized carbons (Fsp3) is 0.385. The number of para-hydroxylation sites is 1. The van der Waals surface area contributed by atoms with E-state index in [1.807, 2.05) is 0 Å². The Hall–Kier alpha value is -1.26. The zero-order valence-electron chi connectivity index (χ0n) is 10.3. The summed E-state index contributed by atoms with van der Waals surface area (Å²) in [6.07, 6.45) is 2.35. The molecule has 0 unspecified atom stereocenters. The van der Waals surface area contributed by atoms with Crippen LogP contribution in [0.4, 0.5) is 5.69 Å². The fourth-order valence-corrected chi connectivity index (χ4v) is 2.49. The van der Waals surface area contributed by atoms with Crippen molar-refractivity contribution in [2.75, 3.05) is 18.4 Å². The Labute approximate surface area is 121 Å². The van der Waals surface area contributed by atoms with Crippen molar-refractivity contribution >= 4 is 40.7 Å². The summed E-state index contributed by atoms with van der Waals surface area (Å²) in [4.78, 5) is 25.1. The first-order valence-corrected chi connectivity index (χ1v) is 6.85. The third-order valence-electron chi connectivity index (χ3n) is 2.98. The van der Waals surface area contributed by atoms with Crippen LogP contribution in [0.2, 0.25) is 10.0 Å². The van der Waals surface area contributed by atoms with E-state index in [0.717, 1.165) is 12.8 Å². The molecule has 6 heteroatoms. The van der Waals surface area contributed by atoms with Crippen molar-refractivity contribution in [1.29, 1.82) is 0 Å². The minimum absolute atomic E-state index is 0.0201. The molecule has 1 saturated heterocycles. The molecule has 1 fully saturated rings. The molecule has 2 rings (SSSR count). The molecule has 0 aliphatic carbocycles. The topological polar surface area (TPSA) is 49.4 Å². The summed E-state index contributed by atoms with van der Waals surface area (Å²) in [5.74, 6) is -0.267. The third-order valence-corrected chi connectivity index (χ3v) is 3.61. The number of benzene rings is 1. The van der Waals surface area contributed by atoms with E-state index < -0.39 is 0 Å². The lowest BCUT2D eigenvalue weighted by Crippen LogP contribution is -2.40. The molecule has 0 atom stereocenters. The maximum Gasteiger partial charge on any atom is 0.244 e. The molecule has 4 nitrogen and oxygen atoms in total. The second-order valence-electron chi connectivity index (χ2n) is 4.42. The largest absolute Gasteiger partial charge is 0.333 e. The Morgan fingerprint density at radius 3 is 2.58 bits per heavy atom. The second kappa shape index (κ2) is 6.26. The minimum Gasteiger partial charge on any atom is -0.333 e. The van der Waals surface area contributed by atoms with Gasteiger partial charge in [0.25, 0.3) is 0 Å². The summed E-state index contributed by atoms with van der Waals surface area (Å²) >= 11 is 11.9. The monoisotopic (exact) mass is 300 g/mol. The molecular weight excluding hydrogens is 287 g/mol. The van der Waals surface area contributed by atoms with Gasteiger partial charge in [-0.15, -0.1) is 0 Å². The van der Waals surface area contributed by atoms with Crippen molar-refractivity contribution in [1.82, 2.24) is 4.90 Å². The van der Waals surface area contributed by atoms with E-state index in [4.69, 9.17) is 23.2 Å². The molecule has 2 amide bonds. The van der Waals surface area contributed by atoms with Gasteiger partial charge in [0.2, 0.25) is 11.8 Å². The first-order chi connectivity index (χ1) is 9.08. The lowest BCUT2D eigenvalue weighted by Gasteiger charge is -2.26. The molecule has 102 valence electrons. The second-order valence-corrected chi connectivity index (χ2v) is 5.23. The molecule has 0 spiro atoms. The molecule has 0 saturated carbocycles. The summed E-state index contributed by atoms with van der Waals surface area (Å²) in [5.41, 5.74) is 0.389. The number of carbonyl (C=O) groups is 2. The smallest absolute Gasteiger partial charge is 0.244 e. The van der Waals surface area contributed by atoms with Crippen LogP contribution in [0, 0.1) is 0 Å². The van der Waals surface area contributed by atoms with E-state index in [-0.39, 0.29) is 18.4 Å². The van der Waals surface area contributed by atoms with Crippen LogP contribution in [-0.4, -0.2) is 29.8 Å². The van der Waals surface area contributed by atoms with Crippen LogP contribution in [0.25, 0.3) is 0 Å². The zero-order chi connectivity index (χ0) is 13.8. The predicted molar refractivity (Wildman–Crippen MR) is 75.5 cm³/mol. The van der Waals surface area contributed by atoms with Gasteiger partial charge >= 0.3 is 0 Å². The minimum atomic E-state index is -0.287. The van der Waals surface area contributed by atoms with Crippen molar-refractivity contribution in [2.45, 2.75) is 19.3 Å². The molecule has 0 radical (unpaired) electrons. The van der Waals surface area contributed by atoms with Crippen molar-refractivity contribution in [2.24, 2.45) is 0 Å². The van der Waals surface area contributed by atoms with E-state index >= 15 is 0 Å². The highest BCUT2D eigenvalue weighted by molar-refractivity contribution is 6.39. The van der Waals surface area contributed by atoms with E-state index in [2.05, 4.69) is 5.32 Å². The van der Waals surface area contributed by atoms with Gasteiger partial charge < -0.3 is 10.2 Å². The highest BCUT2D eigenvalue weighted by atomic mass is 35.5. The van der Waals surface area contributed by atoms with Crippen LogP contribution in [0.5, 0.6) is 0 Å². The summed E-state index contributed by atoms with van der Waals surface area (Å²) in [6, 6.07) is 5.00. The molecule has 19 heavy (non-hydrogen) atoms. The van der Waals surface area contributed by atoms with Crippen molar-refractivity contribution in [3.05, 3.63) is 28.2 Å². The van der Waals surface area contributed by atoms with Gasteiger partial charge in [0.05, 0.1) is 22.3 Å². The number of halogens is 2. The molecule has 0 bridgehead atoms. The standard InChI is InChI=1S/C13H14Cl2N2O2/c14-9-4-3-5-10(15)13(9)16-11(18)8-17-7-2-1-6-12(17)19/h3-5H,1-2,6-8H2,(H,16,18). The molecule has 1 aromatic rings. The highest BCUT2D eigenvalue weighted by Gasteiger charge is 2.21. The van der Waals surface area contributed by atoms with E-state index in [1.54, 1.807) is 23.1 Å². The quantitative estimate of drug-likeness (QED) is 0.933. The average molecular weight is 301 g/mol. The van der Waals surface area contributed by atoms with Gasteiger partial charge in [-0.25, -0.2) is 0 Å². The number of rotatable bonds is 3. The number of likely N-dealkylation sites (tertiary alicyclic amines) is 1. The van der Waals surface area contributed by atoms with Crippen LogP contribution in [-0.2, 0) is 9.59 Å². The summed E-state index contributed by atoms with van der Waals surface area (Å²) in [6.45, 7) is 0.670. The SMILES string of the molecule is O=C(CN1CCCCC1=O)Nc1c(Cl)cccc1Cl. The highest BCUT2D eigenvalue weighted by Crippen LogP contribution is 2.29. The number of hydrogen-bond donors (Lipinski definition) is 1. The van der Waals surface area contributed by atoms with E-state index in [9.17, 15) is 9.59 Å². The first kappa shape index (κ1) is 14.2. The maximum atomic E-state index is 11.9. The van der Waals surface area contributed by atoms with Gasteiger partial charge in [0.1, 0.15) is 0 Å². The molecule has 1 aliphatic heterocycles. The number of nitrogens with one attached hydrogen (secondary N) is 1. The van der Waals surface area contributed by atoms with Gasteiger partial charge in [-0.05, 0) is 25.0 Å². The summed E-state index contributed by atoms with van der Waals surface area (Å²) < 4.78 is 0. The Kier molecular flexibility index (Phi) is 4.66. The Bertz CT molecular complexity index is 485. The molecule has 1 aliphatic rings. The van der Waals surface area contributed by atoms with Crippen LogP contribution in [0.15, 0.2) is 18.2 Å². The van der Waals surface area contributed by atoms with E-state index in [1.165, 1.54) is 0 Å². The van der Waals surface area contributed by atoms with Gasteiger partial charge in [0, 0.05) is 13.0 Å². The van der Waals surface area contributed by atoms with Crippen molar-refractivity contribution in [3.8, 4) is 0 Å². The summed E-state index contributed by atoms with van der Waals surface area (Å²) in [7, 11) is 0. The molecule has 1 heterocycles. The number of carbonyl (C=O) groups excluding carboxylic acids is 2. The van der Waals surface area contributed by atoms with Gasteiger partial charge in [-0.3, -0.25) is 9.59 Å². The normalized spacial score (nSPS) is 15.5. The van der Waals surface area contributed by atoms with Crippen LogP contribution < -0.4 is 5.32 Å². The first-order valence-electron chi connectivity index (χ1n) is 6.09. The Morgan fingerprint density at radius 2 is 1.95 bits per heavy atom. The Balaban J connectivity index is 1.99. The maximum absolute atomic E-state index is 11.9. The fourth-order valence-electron chi connectivity index (χ4n) is 2.00. The van der Waals surface area contributed by atoms with Crippen LogP contribution >= 0.6 is 23.2 Å². The molecule has 1 N–H and O–H groups in total. The number of nitrogens with zero attached hydrogens (tertiary/aromatic N) is 1. The average Bonchev–Trinajstić information content (AvgIpc) is 2.37. The lowest BCUT2D eigenvalue weighted by molar-refractivity contribution is -0.136. The predicted octanol–water partition coefficient (Wildman–Crippen LogP) is 2.94. The number of hydrogen-bond acceptors (Lipinski definition) is 2. The van der Waals surface area contributed by atoms with Crippen LogP contribution in [0.1, 0.15) is 19.3 Å². The molecular formula is C13H14Cl2N2O2. The van der Waals surface area contributed by atoms with Gasteiger partial charge in [-0.2, -0.15) is 0 Å². The number of piperidine rings is 1. The Morgan fingerprint density at radius 1 is 1.26 bits per heavy atom. The summed E-state index contributed by atoms with van der Waals surface area (Å²) in [5, 5.41) is 3.41. The third kappa shape index (κ3) is 3.61. The van der Waals surface area contributed by atoms with Crippen molar-refractivity contribution < 1.29 is 9.59 Å². The van der Waals surface area contributed by atoms with Crippen LogP contribution in [0.3, 0.4) is 0 Å². The van der Waals surface area contributed by atoms with E-state index in [0.29, 0.717) is 28.7 Å². The van der Waals surface area contributed by atoms with Gasteiger partial charge in [-0.1, -0.05) is 29.3 Å².